The van der Waals surface area contributed by atoms with E-state index in [9.17, 15) is 14.4 Å². The lowest BCUT2D eigenvalue weighted by molar-refractivity contribution is -0.152. The summed E-state index contributed by atoms with van der Waals surface area (Å²) in [4.78, 5) is 36.5. The molecule has 8 heteroatoms. The Balaban J connectivity index is 1.84. The molecule has 30 heavy (non-hydrogen) atoms. The van der Waals surface area contributed by atoms with Gasteiger partial charge >= 0.3 is 5.97 Å². The van der Waals surface area contributed by atoms with Crippen molar-refractivity contribution in [2.45, 2.75) is 59.1 Å². The molecule has 2 aromatic rings. The van der Waals surface area contributed by atoms with Crippen molar-refractivity contribution in [3.63, 3.8) is 0 Å². The van der Waals surface area contributed by atoms with Crippen molar-refractivity contribution in [1.29, 1.82) is 0 Å². The molecule has 1 atom stereocenters. The van der Waals surface area contributed by atoms with Gasteiger partial charge in [-0.05, 0) is 43.9 Å². The molecule has 0 unspecified atom stereocenters. The van der Waals surface area contributed by atoms with E-state index in [0.29, 0.717) is 11.4 Å². The number of rotatable bonds is 7. The van der Waals surface area contributed by atoms with Crippen molar-refractivity contribution in [1.82, 2.24) is 15.1 Å². The van der Waals surface area contributed by atoms with E-state index in [1.807, 2.05) is 26.0 Å². The van der Waals surface area contributed by atoms with E-state index >= 15 is 0 Å². The van der Waals surface area contributed by atoms with Crippen LogP contribution < -0.4 is 10.6 Å². The van der Waals surface area contributed by atoms with Crippen molar-refractivity contribution < 1.29 is 19.1 Å². The summed E-state index contributed by atoms with van der Waals surface area (Å²) >= 11 is 0. The van der Waals surface area contributed by atoms with Gasteiger partial charge in [-0.3, -0.25) is 14.4 Å². The highest BCUT2D eigenvalue weighted by atomic mass is 16.5. The summed E-state index contributed by atoms with van der Waals surface area (Å²) in [7, 11) is 0. The highest BCUT2D eigenvalue weighted by molar-refractivity contribution is 5.97. The summed E-state index contributed by atoms with van der Waals surface area (Å²) in [6.45, 7) is 11.3. The Labute approximate surface area is 177 Å². The third-order valence-corrected chi connectivity index (χ3v) is 4.49. The Morgan fingerprint density at radius 3 is 2.27 bits per heavy atom. The number of hydrogen-bond acceptors (Lipinski definition) is 5. The maximum absolute atomic E-state index is 12.3. The Bertz CT molecular complexity index is 895. The molecule has 8 nitrogen and oxygen atoms in total. The first-order valence-electron chi connectivity index (χ1n) is 9.91. The molecule has 0 radical (unpaired) electrons. The number of amides is 2. The number of hydrogen-bond donors (Lipinski definition) is 2. The lowest BCUT2D eigenvalue weighted by Crippen LogP contribution is -2.36. The first-order chi connectivity index (χ1) is 14.0. The van der Waals surface area contributed by atoms with Crippen LogP contribution in [0.3, 0.4) is 0 Å². The van der Waals surface area contributed by atoms with Crippen LogP contribution in [0.4, 0.5) is 5.82 Å². The number of esters is 1. The van der Waals surface area contributed by atoms with E-state index in [1.165, 1.54) is 6.92 Å². The van der Waals surface area contributed by atoms with Gasteiger partial charge in [-0.25, -0.2) is 4.68 Å². The molecule has 0 aliphatic heterocycles. The van der Waals surface area contributed by atoms with Crippen LogP contribution in [0.25, 0.3) is 0 Å². The number of anilines is 1. The first kappa shape index (κ1) is 23.1. The predicted molar refractivity (Wildman–Crippen MR) is 114 cm³/mol. The van der Waals surface area contributed by atoms with Crippen LogP contribution in [0, 0.1) is 0 Å². The molecule has 1 aromatic heterocycles. The monoisotopic (exact) mass is 414 g/mol. The zero-order valence-electron chi connectivity index (χ0n) is 18.4. The summed E-state index contributed by atoms with van der Waals surface area (Å²) in [5.74, 6) is -1.04. The summed E-state index contributed by atoms with van der Waals surface area (Å²) < 4.78 is 6.77. The largest absolute Gasteiger partial charge is 0.451 e. The van der Waals surface area contributed by atoms with Crippen molar-refractivity contribution >= 4 is 23.6 Å². The average molecular weight is 415 g/mol. The molecule has 0 spiro atoms. The molecular formula is C22H30N4O4. The first-order valence-corrected chi connectivity index (χ1v) is 9.91. The number of nitrogens with one attached hydrogen (secondary N) is 2. The van der Waals surface area contributed by atoms with Crippen LogP contribution in [0.2, 0.25) is 0 Å². The maximum atomic E-state index is 12.3. The highest BCUT2D eigenvalue weighted by Crippen LogP contribution is 2.22. The molecule has 0 saturated carbocycles. The Morgan fingerprint density at radius 1 is 1.07 bits per heavy atom. The van der Waals surface area contributed by atoms with Crippen LogP contribution in [0.1, 0.15) is 63.5 Å². The molecule has 2 N–H and O–H groups in total. The van der Waals surface area contributed by atoms with E-state index in [4.69, 9.17) is 4.74 Å². The van der Waals surface area contributed by atoms with Gasteiger partial charge in [0.2, 0.25) is 0 Å². The number of benzene rings is 1. The van der Waals surface area contributed by atoms with Crippen molar-refractivity contribution in [3.8, 4) is 0 Å². The molecule has 0 aliphatic rings. The summed E-state index contributed by atoms with van der Waals surface area (Å²) in [6, 6.07) is 8.95. The number of aromatic nitrogens is 2. The molecule has 1 aromatic carbocycles. The highest BCUT2D eigenvalue weighted by Gasteiger charge is 2.20. The minimum Gasteiger partial charge on any atom is -0.451 e. The lowest BCUT2D eigenvalue weighted by atomic mass is 9.87. The molecule has 1 heterocycles. The molecule has 0 bridgehead atoms. The van der Waals surface area contributed by atoms with Crippen LogP contribution in [-0.4, -0.2) is 40.2 Å². The molecule has 2 rings (SSSR count). The molecular weight excluding hydrogens is 384 g/mol. The van der Waals surface area contributed by atoms with Gasteiger partial charge < -0.3 is 15.4 Å². The topological polar surface area (TPSA) is 102 Å². The third-order valence-electron chi connectivity index (χ3n) is 4.49. The van der Waals surface area contributed by atoms with Gasteiger partial charge in [0.15, 0.2) is 6.10 Å². The maximum Gasteiger partial charge on any atom is 0.326 e. The van der Waals surface area contributed by atoms with Crippen molar-refractivity contribution in [3.05, 3.63) is 47.7 Å². The standard InChI is InChI=1S/C22H30N4O4/c1-14(2)26-18(11-12-24-26)25-20(28)15(3)30-19(27)13-23-21(29)16-7-9-17(10-8-16)22(4,5)6/h7-12,14-15H,13H2,1-6H3,(H,23,29)(H,25,28)/t15-/m0/s1. The second-order valence-electron chi connectivity index (χ2n) is 8.39. The predicted octanol–water partition coefficient (Wildman–Crippen LogP) is 3.06. The van der Waals surface area contributed by atoms with Crippen molar-refractivity contribution in [2.75, 3.05) is 11.9 Å². The van der Waals surface area contributed by atoms with Gasteiger partial charge in [0.1, 0.15) is 12.4 Å². The van der Waals surface area contributed by atoms with Gasteiger partial charge in [0, 0.05) is 17.7 Å². The summed E-state index contributed by atoms with van der Waals surface area (Å²) in [5, 5.41) is 9.33. The van der Waals surface area contributed by atoms with Gasteiger partial charge in [-0.15, -0.1) is 0 Å². The van der Waals surface area contributed by atoms with Crippen LogP contribution in [-0.2, 0) is 19.7 Å². The fourth-order valence-electron chi connectivity index (χ4n) is 2.72. The molecule has 162 valence electrons. The minimum atomic E-state index is -1.02. The fourth-order valence-corrected chi connectivity index (χ4v) is 2.72. The van der Waals surface area contributed by atoms with E-state index in [1.54, 1.807) is 29.1 Å². The number of carbonyl (C=O) groups excluding carboxylic acids is 3. The van der Waals surface area contributed by atoms with Gasteiger partial charge in [0.25, 0.3) is 11.8 Å². The lowest BCUT2D eigenvalue weighted by Gasteiger charge is -2.19. The van der Waals surface area contributed by atoms with Crippen LogP contribution in [0.15, 0.2) is 36.5 Å². The summed E-state index contributed by atoms with van der Waals surface area (Å²) in [5.41, 5.74) is 1.54. The average Bonchev–Trinajstić information content (AvgIpc) is 3.13. The quantitative estimate of drug-likeness (QED) is 0.678. The van der Waals surface area contributed by atoms with E-state index in [0.717, 1.165) is 5.56 Å². The normalized spacial score (nSPS) is 12.4. The minimum absolute atomic E-state index is 0.0115. The Hall–Kier alpha value is -3.16. The Kier molecular flexibility index (Phi) is 7.37. The number of ether oxygens (including phenoxy) is 1. The van der Waals surface area contributed by atoms with Crippen LogP contribution >= 0.6 is 0 Å². The van der Waals surface area contributed by atoms with Gasteiger partial charge in [-0.2, -0.15) is 5.10 Å². The van der Waals surface area contributed by atoms with Crippen LogP contribution in [0.5, 0.6) is 0 Å². The van der Waals surface area contributed by atoms with Crippen molar-refractivity contribution in [2.24, 2.45) is 0 Å². The molecule has 0 aliphatic carbocycles. The zero-order valence-corrected chi connectivity index (χ0v) is 18.4. The van der Waals surface area contributed by atoms with Gasteiger partial charge in [0.05, 0.1) is 6.20 Å². The SMILES string of the molecule is CC(C)n1nccc1NC(=O)[C@H](C)OC(=O)CNC(=O)c1ccc(C(C)(C)C)cc1. The van der Waals surface area contributed by atoms with Gasteiger partial charge in [-0.1, -0.05) is 32.9 Å². The third kappa shape index (κ3) is 6.17. The summed E-state index contributed by atoms with van der Waals surface area (Å²) in [6.07, 6.45) is 0.562. The Morgan fingerprint density at radius 2 is 1.70 bits per heavy atom. The van der Waals surface area contributed by atoms with E-state index in [2.05, 4.69) is 36.5 Å². The molecule has 0 fully saturated rings. The smallest absolute Gasteiger partial charge is 0.326 e. The molecule has 0 saturated heterocycles. The number of carbonyl (C=O) groups is 3. The second-order valence-corrected chi connectivity index (χ2v) is 8.39. The van der Waals surface area contributed by atoms with E-state index in [-0.39, 0.29) is 23.9 Å². The zero-order chi connectivity index (χ0) is 22.5. The number of nitrogens with zero attached hydrogens (tertiary/aromatic N) is 2. The fraction of sp³-hybridized carbons (Fsp3) is 0.455. The van der Waals surface area contributed by atoms with E-state index < -0.39 is 18.0 Å². The second kappa shape index (κ2) is 9.56. The molecule has 2 amide bonds.